The summed E-state index contributed by atoms with van der Waals surface area (Å²) in [5.74, 6) is -0.278. The molecule has 1 aliphatic heterocycles. The molecule has 0 atom stereocenters. The fraction of sp³-hybridized carbons (Fsp3) is 0.120. The van der Waals surface area contributed by atoms with Crippen LogP contribution in [0.25, 0.3) is 50.3 Å². The number of hydrogen-bond donors (Lipinski definition) is 2. The van der Waals surface area contributed by atoms with Crippen molar-refractivity contribution in [1.29, 1.82) is 0 Å². The van der Waals surface area contributed by atoms with Crippen LogP contribution >= 0.6 is 0 Å². The zero-order valence-corrected chi connectivity index (χ0v) is 18.1. The number of benzene rings is 1. The molecule has 0 fully saturated rings. The Morgan fingerprint density at radius 2 is 1.94 bits per heavy atom. The molecule has 2 N–H and O–H groups in total. The lowest BCUT2D eigenvalue weighted by Gasteiger charge is -2.16. The first-order valence-electron chi connectivity index (χ1n) is 10.6. The maximum atomic E-state index is 14.1. The second kappa shape index (κ2) is 7.37. The average Bonchev–Trinajstić information content (AvgIpc) is 3.41. The van der Waals surface area contributed by atoms with E-state index in [2.05, 4.69) is 30.1 Å². The van der Waals surface area contributed by atoms with Gasteiger partial charge in [-0.15, -0.1) is 0 Å². The summed E-state index contributed by atoms with van der Waals surface area (Å²) in [6.07, 6.45) is 5.58. The predicted octanol–water partition coefficient (Wildman–Crippen LogP) is 4.93. The SMILES string of the molecule is Cc1cc(F)cc(-c2nccc3[nH]c(-c4n[nH]c5ccc(C6=CN(C)CC=N6)nc45)cc23)c1. The fourth-order valence-electron chi connectivity index (χ4n) is 4.21. The van der Waals surface area contributed by atoms with E-state index < -0.39 is 0 Å². The lowest BCUT2D eigenvalue weighted by Crippen LogP contribution is -2.17. The van der Waals surface area contributed by atoms with E-state index in [-0.39, 0.29) is 5.82 Å². The van der Waals surface area contributed by atoms with Crippen molar-refractivity contribution < 1.29 is 4.39 Å². The van der Waals surface area contributed by atoms with Crippen LogP contribution in [0.2, 0.25) is 0 Å². The van der Waals surface area contributed by atoms with E-state index in [1.165, 1.54) is 12.1 Å². The highest BCUT2D eigenvalue weighted by Crippen LogP contribution is 2.33. The molecule has 7 nitrogen and oxygen atoms in total. The van der Waals surface area contributed by atoms with E-state index in [0.29, 0.717) is 5.69 Å². The van der Waals surface area contributed by atoms with Crippen molar-refractivity contribution >= 4 is 33.8 Å². The van der Waals surface area contributed by atoms with Crippen molar-refractivity contribution in [3.63, 3.8) is 0 Å². The number of nitrogens with one attached hydrogen (secondary N) is 2. The Morgan fingerprint density at radius 1 is 1.03 bits per heavy atom. The van der Waals surface area contributed by atoms with Gasteiger partial charge in [0.2, 0.25) is 0 Å². The van der Waals surface area contributed by atoms with E-state index >= 15 is 0 Å². The minimum absolute atomic E-state index is 0.278. The second-order valence-electron chi connectivity index (χ2n) is 8.25. The molecular formula is C25H20FN7. The van der Waals surface area contributed by atoms with Gasteiger partial charge < -0.3 is 9.88 Å². The molecule has 6 rings (SSSR count). The van der Waals surface area contributed by atoms with Crippen LogP contribution in [0.1, 0.15) is 11.3 Å². The van der Waals surface area contributed by atoms with E-state index in [9.17, 15) is 4.39 Å². The molecule has 8 heteroatoms. The molecule has 33 heavy (non-hydrogen) atoms. The first-order valence-corrected chi connectivity index (χ1v) is 10.6. The fourth-order valence-corrected chi connectivity index (χ4v) is 4.21. The van der Waals surface area contributed by atoms with Gasteiger partial charge in [0.05, 0.1) is 29.1 Å². The van der Waals surface area contributed by atoms with E-state index in [0.717, 1.165) is 62.4 Å². The van der Waals surface area contributed by atoms with E-state index in [4.69, 9.17) is 4.98 Å². The number of H-pyrrole nitrogens is 2. The van der Waals surface area contributed by atoms with Gasteiger partial charge in [-0.25, -0.2) is 9.37 Å². The highest BCUT2D eigenvalue weighted by atomic mass is 19.1. The Labute approximate surface area is 188 Å². The zero-order valence-electron chi connectivity index (χ0n) is 18.1. The monoisotopic (exact) mass is 437 g/mol. The van der Waals surface area contributed by atoms with Gasteiger partial charge in [0.15, 0.2) is 0 Å². The smallest absolute Gasteiger partial charge is 0.135 e. The molecule has 0 radical (unpaired) electrons. The summed E-state index contributed by atoms with van der Waals surface area (Å²) in [5.41, 5.74) is 7.88. The molecular weight excluding hydrogens is 417 g/mol. The third kappa shape index (κ3) is 3.36. The van der Waals surface area contributed by atoms with Gasteiger partial charge in [-0.1, -0.05) is 0 Å². The minimum Gasteiger partial charge on any atom is -0.373 e. The maximum Gasteiger partial charge on any atom is 0.135 e. The quantitative estimate of drug-likeness (QED) is 0.419. The van der Waals surface area contributed by atoms with Crippen molar-refractivity contribution in [2.75, 3.05) is 13.6 Å². The van der Waals surface area contributed by atoms with Crippen LogP contribution in [0.15, 0.2) is 59.9 Å². The number of halogens is 1. The molecule has 162 valence electrons. The maximum absolute atomic E-state index is 14.1. The lowest BCUT2D eigenvalue weighted by molar-refractivity contribution is 0.525. The molecule has 0 amide bonds. The Hall–Kier alpha value is -4.33. The average molecular weight is 437 g/mol. The number of nitrogens with zero attached hydrogens (tertiary/aromatic N) is 5. The number of hydrogen-bond acceptors (Lipinski definition) is 5. The zero-order chi connectivity index (χ0) is 22.5. The van der Waals surface area contributed by atoms with Gasteiger partial charge in [0.25, 0.3) is 0 Å². The van der Waals surface area contributed by atoms with Crippen LogP contribution < -0.4 is 0 Å². The van der Waals surface area contributed by atoms with Crippen LogP contribution in [0, 0.1) is 12.7 Å². The Bertz CT molecular complexity index is 1570. The normalized spacial score (nSPS) is 13.8. The first kappa shape index (κ1) is 19.4. The van der Waals surface area contributed by atoms with E-state index in [1.54, 1.807) is 6.20 Å². The van der Waals surface area contributed by atoms with Crippen molar-refractivity contribution in [1.82, 2.24) is 30.0 Å². The summed E-state index contributed by atoms with van der Waals surface area (Å²) >= 11 is 0. The highest BCUT2D eigenvalue weighted by molar-refractivity contribution is 5.99. The highest BCUT2D eigenvalue weighted by Gasteiger charge is 2.17. The summed E-state index contributed by atoms with van der Waals surface area (Å²) in [4.78, 5) is 19.4. The second-order valence-corrected chi connectivity index (χ2v) is 8.25. The molecule has 1 aliphatic rings. The first-order chi connectivity index (χ1) is 16.0. The summed E-state index contributed by atoms with van der Waals surface area (Å²) in [6.45, 7) is 2.65. The van der Waals surface area contributed by atoms with Crippen LogP contribution in [0.3, 0.4) is 0 Å². The number of aromatic amines is 2. The molecule has 0 bridgehead atoms. The third-order valence-corrected chi connectivity index (χ3v) is 5.73. The van der Waals surface area contributed by atoms with Crippen molar-refractivity contribution in [2.45, 2.75) is 6.92 Å². The van der Waals surface area contributed by atoms with Crippen LogP contribution in [-0.2, 0) is 0 Å². The molecule has 0 saturated heterocycles. The summed E-state index contributed by atoms with van der Waals surface area (Å²) in [5, 5.41) is 8.48. The number of pyridine rings is 2. The van der Waals surface area contributed by atoms with Gasteiger partial charge in [0, 0.05) is 42.1 Å². The molecule has 5 heterocycles. The van der Waals surface area contributed by atoms with Crippen LogP contribution in [0.4, 0.5) is 4.39 Å². The number of aryl methyl sites for hydroxylation is 1. The largest absolute Gasteiger partial charge is 0.373 e. The van der Waals surface area contributed by atoms with Gasteiger partial charge in [-0.05, 0) is 55.0 Å². The van der Waals surface area contributed by atoms with Crippen LogP contribution in [0.5, 0.6) is 0 Å². The number of fused-ring (bicyclic) bond motifs is 2. The molecule has 0 saturated carbocycles. The summed E-state index contributed by atoms with van der Waals surface area (Å²) in [6, 6.07) is 12.7. The van der Waals surface area contributed by atoms with E-state index in [1.807, 2.05) is 56.7 Å². The molecule has 4 aromatic heterocycles. The predicted molar refractivity (Wildman–Crippen MR) is 128 cm³/mol. The molecule has 0 aliphatic carbocycles. The summed E-state index contributed by atoms with van der Waals surface area (Å²) in [7, 11) is 2.00. The van der Waals surface area contributed by atoms with Gasteiger partial charge in [0.1, 0.15) is 22.7 Å². The third-order valence-electron chi connectivity index (χ3n) is 5.73. The Balaban J connectivity index is 1.49. The Kier molecular flexibility index (Phi) is 4.33. The van der Waals surface area contributed by atoms with Crippen molar-refractivity contribution in [3.8, 4) is 22.6 Å². The number of rotatable bonds is 3. The van der Waals surface area contributed by atoms with Gasteiger partial charge in [-0.2, -0.15) is 5.10 Å². The van der Waals surface area contributed by atoms with Crippen molar-refractivity contribution in [2.24, 2.45) is 4.99 Å². The standard InChI is InChI=1S/C25H20FN7/c1-14-9-15(11-16(26)10-14)23-17-12-21(29-18(17)5-6-28-23)25-24-20(31-32-25)4-3-19(30-24)22-13-33(2)8-7-27-22/h3-7,9-13,29H,8H2,1-2H3,(H,31,32). The lowest BCUT2D eigenvalue weighted by atomic mass is 10.0. The Morgan fingerprint density at radius 3 is 2.79 bits per heavy atom. The van der Waals surface area contributed by atoms with Crippen molar-refractivity contribution in [3.05, 3.63) is 71.9 Å². The number of aliphatic imine (C=N–C) groups is 1. The summed E-state index contributed by atoms with van der Waals surface area (Å²) < 4.78 is 14.1. The number of aromatic nitrogens is 5. The molecule has 0 unspecified atom stereocenters. The minimum atomic E-state index is -0.278. The topological polar surface area (TPSA) is 85.9 Å². The van der Waals surface area contributed by atoms with Gasteiger partial charge in [-0.3, -0.25) is 15.1 Å². The molecule has 0 spiro atoms. The molecule has 1 aromatic carbocycles. The molecule has 5 aromatic rings. The van der Waals surface area contributed by atoms with Crippen LogP contribution in [-0.4, -0.2) is 49.9 Å². The van der Waals surface area contributed by atoms with Gasteiger partial charge >= 0.3 is 0 Å².